The van der Waals surface area contributed by atoms with Crippen molar-refractivity contribution in [3.63, 3.8) is 0 Å². The van der Waals surface area contributed by atoms with Gasteiger partial charge >= 0.3 is 6.03 Å². The molecule has 0 aromatic heterocycles. The molecule has 200 valence electrons. The van der Waals surface area contributed by atoms with E-state index < -0.39 is 0 Å². The van der Waals surface area contributed by atoms with Crippen LogP contribution in [0.25, 0.3) is 0 Å². The van der Waals surface area contributed by atoms with Crippen molar-refractivity contribution in [3.05, 3.63) is 52.5 Å². The van der Waals surface area contributed by atoms with Gasteiger partial charge < -0.3 is 25.0 Å². The summed E-state index contributed by atoms with van der Waals surface area (Å²) in [4.78, 5) is 18.1. The van der Waals surface area contributed by atoms with Crippen LogP contribution < -0.4 is 20.1 Å². The number of methoxy groups -OCH3 is 2. The van der Waals surface area contributed by atoms with Gasteiger partial charge in [-0.25, -0.2) is 4.79 Å². The number of hydrogen-bond donors (Lipinski definition) is 2. The van der Waals surface area contributed by atoms with Crippen LogP contribution in [0.1, 0.15) is 44.1 Å². The van der Waals surface area contributed by atoms with Crippen LogP contribution >= 0.6 is 15.9 Å². The van der Waals surface area contributed by atoms with E-state index >= 15 is 0 Å². The summed E-state index contributed by atoms with van der Waals surface area (Å²) in [5.41, 5.74) is 2.18. The van der Waals surface area contributed by atoms with Crippen LogP contribution in [0, 0.1) is 0 Å². The molecule has 3 fully saturated rings. The highest BCUT2D eigenvalue weighted by molar-refractivity contribution is 9.10. The number of fused-ring (bicyclic) bond motifs is 1. The zero-order valence-electron chi connectivity index (χ0n) is 22.1. The standard InChI is InChI=1S/C29H39BrN4O3/c1-33-14-10-24(11-15-33)34-16-13-29(20-7-8-25(36-2)26(17-20)37-3)12-9-23(19-27(29)34)32-28(35)31-22-6-4-5-21(30)18-22/h4-8,17-18,23-24,27H,9-16,19H2,1-3H3,(H2,31,32,35)/t23-,27+,29+/m1/s1. The van der Waals surface area contributed by atoms with Crippen molar-refractivity contribution in [1.82, 2.24) is 15.1 Å². The highest BCUT2D eigenvalue weighted by atomic mass is 79.9. The van der Waals surface area contributed by atoms with Gasteiger partial charge in [-0.1, -0.05) is 28.1 Å². The number of ether oxygens (including phenoxy) is 2. The fraction of sp³-hybridized carbons (Fsp3) is 0.552. The molecule has 3 aliphatic rings. The summed E-state index contributed by atoms with van der Waals surface area (Å²) in [5, 5.41) is 6.30. The van der Waals surface area contributed by atoms with Gasteiger partial charge in [-0.2, -0.15) is 0 Å². The highest BCUT2D eigenvalue weighted by Crippen LogP contribution is 2.51. The summed E-state index contributed by atoms with van der Waals surface area (Å²) in [7, 11) is 5.62. The third kappa shape index (κ3) is 5.47. The number of carbonyl (C=O) groups is 1. The Hall–Kier alpha value is -2.29. The van der Waals surface area contributed by atoms with Crippen molar-refractivity contribution in [3.8, 4) is 11.5 Å². The van der Waals surface area contributed by atoms with Crippen LogP contribution in [0.5, 0.6) is 11.5 Å². The summed E-state index contributed by atoms with van der Waals surface area (Å²) in [5.74, 6) is 1.56. The van der Waals surface area contributed by atoms with Crippen LogP contribution in [-0.2, 0) is 5.41 Å². The summed E-state index contributed by atoms with van der Waals surface area (Å²) in [6.07, 6.45) is 6.49. The molecule has 5 rings (SSSR count). The lowest BCUT2D eigenvalue weighted by Crippen LogP contribution is -2.56. The first-order chi connectivity index (χ1) is 17.9. The lowest BCUT2D eigenvalue weighted by atomic mass is 9.65. The number of halogens is 1. The lowest BCUT2D eigenvalue weighted by molar-refractivity contribution is 0.0673. The van der Waals surface area contributed by atoms with Crippen LogP contribution in [0.3, 0.4) is 0 Å². The first-order valence-corrected chi connectivity index (χ1v) is 14.2. The average molecular weight is 572 g/mol. The molecule has 2 saturated heterocycles. The van der Waals surface area contributed by atoms with Gasteiger partial charge in [0.15, 0.2) is 11.5 Å². The number of urea groups is 1. The molecule has 7 nitrogen and oxygen atoms in total. The molecule has 2 heterocycles. The molecule has 1 aliphatic carbocycles. The van der Waals surface area contributed by atoms with E-state index in [-0.39, 0.29) is 17.5 Å². The maximum absolute atomic E-state index is 12.9. The number of carbonyl (C=O) groups excluding carboxylic acids is 1. The first kappa shape index (κ1) is 26.3. The Bertz CT molecular complexity index is 1110. The Kier molecular flexibility index (Phi) is 7.98. The van der Waals surface area contributed by atoms with Crippen LogP contribution in [-0.4, -0.2) is 74.9 Å². The molecule has 37 heavy (non-hydrogen) atoms. The van der Waals surface area contributed by atoms with Gasteiger partial charge in [-0.15, -0.1) is 0 Å². The molecule has 8 heteroatoms. The number of rotatable bonds is 6. The van der Waals surface area contributed by atoms with E-state index in [0.29, 0.717) is 12.1 Å². The van der Waals surface area contributed by atoms with Gasteiger partial charge in [0, 0.05) is 33.7 Å². The molecule has 0 unspecified atom stereocenters. The fourth-order valence-electron chi connectivity index (χ4n) is 6.88. The van der Waals surface area contributed by atoms with E-state index in [1.54, 1.807) is 14.2 Å². The van der Waals surface area contributed by atoms with Gasteiger partial charge in [0.25, 0.3) is 0 Å². The van der Waals surface area contributed by atoms with E-state index in [2.05, 4.69) is 55.5 Å². The zero-order valence-corrected chi connectivity index (χ0v) is 23.7. The molecule has 0 spiro atoms. The molecule has 0 bridgehead atoms. The number of anilines is 1. The van der Waals surface area contributed by atoms with Crippen LogP contribution in [0.15, 0.2) is 46.9 Å². The monoisotopic (exact) mass is 570 g/mol. The van der Waals surface area contributed by atoms with Gasteiger partial charge in [-0.3, -0.25) is 4.90 Å². The van der Waals surface area contributed by atoms with Crippen molar-refractivity contribution >= 4 is 27.6 Å². The number of hydrogen-bond acceptors (Lipinski definition) is 5. The summed E-state index contributed by atoms with van der Waals surface area (Å²) >= 11 is 3.48. The van der Waals surface area contributed by atoms with Crippen molar-refractivity contribution in [1.29, 1.82) is 0 Å². The molecule has 2 N–H and O–H groups in total. The Morgan fingerprint density at radius 2 is 1.78 bits per heavy atom. The fourth-order valence-corrected chi connectivity index (χ4v) is 7.28. The van der Waals surface area contributed by atoms with E-state index in [9.17, 15) is 4.79 Å². The third-order valence-corrected chi connectivity index (χ3v) is 9.33. The van der Waals surface area contributed by atoms with E-state index in [1.807, 2.05) is 30.3 Å². The summed E-state index contributed by atoms with van der Waals surface area (Å²) in [6, 6.07) is 15.2. The summed E-state index contributed by atoms with van der Waals surface area (Å²) in [6.45, 7) is 3.40. The predicted molar refractivity (Wildman–Crippen MR) is 151 cm³/mol. The zero-order chi connectivity index (χ0) is 26.0. The van der Waals surface area contributed by atoms with Crippen molar-refractivity contribution in [2.75, 3.05) is 46.2 Å². The SMILES string of the molecule is COc1ccc([C@@]23CC[C@@H](NC(=O)Nc4cccc(Br)c4)C[C@@H]2N(C2CCN(C)CC2)CC3)cc1OC. The molecular weight excluding hydrogens is 532 g/mol. The third-order valence-electron chi connectivity index (χ3n) is 8.83. The first-order valence-electron chi connectivity index (χ1n) is 13.4. The van der Waals surface area contributed by atoms with E-state index in [0.717, 1.165) is 67.0 Å². The molecule has 2 aliphatic heterocycles. The maximum Gasteiger partial charge on any atom is 0.319 e. The minimum Gasteiger partial charge on any atom is -0.493 e. The minimum atomic E-state index is -0.134. The number of likely N-dealkylation sites (tertiary alicyclic amines) is 2. The second-order valence-electron chi connectivity index (χ2n) is 10.8. The average Bonchev–Trinajstić information content (AvgIpc) is 3.28. The van der Waals surface area contributed by atoms with Gasteiger partial charge in [-0.05, 0) is 101 Å². The summed E-state index contributed by atoms with van der Waals surface area (Å²) < 4.78 is 12.2. The lowest BCUT2D eigenvalue weighted by Gasteiger charge is -2.48. The maximum atomic E-state index is 12.9. The molecule has 1 saturated carbocycles. The smallest absolute Gasteiger partial charge is 0.319 e. The van der Waals surface area contributed by atoms with Crippen LogP contribution in [0.2, 0.25) is 0 Å². The number of amides is 2. The number of piperidine rings is 1. The Morgan fingerprint density at radius 3 is 2.51 bits per heavy atom. The topological polar surface area (TPSA) is 66.1 Å². The molecule has 2 aromatic carbocycles. The second kappa shape index (κ2) is 11.2. The van der Waals surface area contributed by atoms with Crippen molar-refractivity contribution in [2.24, 2.45) is 0 Å². The largest absolute Gasteiger partial charge is 0.493 e. The molecule has 2 aromatic rings. The second-order valence-corrected chi connectivity index (χ2v) is 11.8. The quantitative estimate of drug-likeness (QED) is 0.496. The highest BCUT2D eigenvalue weighted by Gasteiger charge is 2.53. The van der Waals surface area contributed by atoms with Crippen molar-refractivity contribution < 1.29 is 14.3 Å². The molecule has 3 atom stereocenters. The van der Waals surface area contributed by atoms with Crippen LogP contribution in [0.4, 0.5) is 10.5 Å². The number of nitrogens with one attached hydrogen (secondary N) is 2. The number of nitrogens with zero attached hydrogens (tertiary/aromatic N) is 2. The number of benzene rings is 2. The van der Waals surface area contributed by atoms with Gasteiger partial charge in [0.1, 0.15) is 0 Å². The normalized spacial score (nSPS) is 26.9. The Labute approximate surface area is 229 Å². The van der Waals surface area contributed by atoms with E-state index in [4.69, 9.17) is 9.47 Å². The molecular formula is C29H39BrN4O3. The van der Waals surface area contributed by atoms with E-state index in [1.165, 1.54) is 18.4 Å². The van der Waals surface area contributed by atoms with Crippen molar-refractivity contribution in [2.45, 2.75) is 62.1 Å². The van der Waals surface area contributed by atoms with Gasteiger partial charge in [0.05, 0.1) is 14.2 Å². The van der Waals surface area contributed by atoms with Gasteiger partial charge in [0.2, 0.25) is 0 Å². The predicted octanol–water partition coefficient (Wildman–Crippen LogP) is 5.25. The Morgan fingerprint density at radius 1 is 1.00 bits per heavy atom. The Balaban J connectivity index is 1.37. The molecule has 2 amide bonds. The molecule has 0 radical (unpaired) electrons. The minimum absolute atomic E-state index is 0.0574.